The van der Waals surface area contributed by atoms with Gasteiger partial charge in [-0.05, 0) is 13.6 Å². The van der Waals surface area contributed by atoms with Crippen molar-refractivity contribution in [3.05, 3.63) is 0 Å². The van der Waals surface area contributed by atoms with Crippen LogP contribution < -0.4 is 10.6 Å². The van der Waals surface area contributed by atoms with Crippen LogP contribution in [0, 0.1) is 0 Å². The van der Waals surface area contributed by atoms with Gasteiger partial charge in [0.1, 0.15) is 42.7 Å². The third kappa shape index (κ3) is 10.0. The summed E-state index contributed by atoms with van der Waals surface area (Å²) in [6.45, 7) is 5.47. The van der Waals surface area contributed by atoms with E-state index in [-0.39, 0.29) is 0 Å². The lowest BCUT2D eigenvalue weighted by atomic mass is 9.98. The molecule has 1 amide bonds. The Balaban J connectivity index is 0. The maximum absolute atomic E-state index is 11.4. The molecule has 9 unspecified atom stereocenters. The fraction of sp³-hybridized carbons (Fsp3) is 0.944. The monoisotopic (exact) mass is 460 g/mol. The second-order valence-corrected chi connectivity index (χ2v) is 6.30. The molecule has 1 saturated heterocycles. The Morgan fingerprint density at radius 3 is 1.94 bits per heavy atom. The van der Waals surface area contributed by atoms with Crippen molar-refractivity contribution in [2.75, 3.05) is 33.9 Å². The van der Waals surface area contributed by atoms with Gasteiger partial charge in [0, 0.05) is 7.05 Å². The molecule has 188 valence electrons. The van der Waals surface area contributed by atoms with E-state index in [0.29, 0.717) is 0 Å². The lowest BCUT2D eigenvalue weighted by Gasteiger charge is -2.42. The van der Waals surface area contributed by atoms with Crippen LogP contribution >= 0.6 is 0 Å². The first-order valence-electron chi connectivity index (χ1n) is 10.1. The van der Waals surface area contributed by atoms with Gasteiger partial charge in [-0.25, -0.2) is 0 Å². The number of likely N-dealkylation sites (N-methyl/N-ethyl adjacent to an activating group) is 1. The van der Waals surface area contributed by atoms with Crippen LogP contribution in [0.2, 0.25) is 0 Å². The Labute approximate surface area is 182 Å². The lowest BCUT2D eigenvalue weighted by molar-refractivity contribution is -0.326. The fourth-order valence-electron chi connectivity index (χ4n) is 2.32. The van der Waals surface area contributed by atoms with Gasteiger partial charge in [-0.2, -0.15) is 0 Å². The molecule has 0 radical (unpaired) electrons. The van der Waals surface area contributed by atoms with E-state index in [1.54, 1.807) is 0 Å². The predicted molar refractivity (Wildman–Crippen MR) is 109 cm³/mol. The summed E-state index contributed by atoms with van der Waals surface area (Å²) in [5.74, 6) is -1.000. The number of amides is 1. The quantitative estimate of drug-likeness (QED) is 0.157. The smallest absolute Gasteiger partial charge is 0.251 e. The SMILES string of the molecule is CC.CCNC.CNC(=O)C(O)C(O)C(OC1OC(CO)C(O)C(O)C1O)C(O)CO. The molecule has 9 atom stereocenters. The third-order valence-corrected chi connectivity index (χ3v) is 4.23. The maximum atomic E-state index is 11.4. The molecule has 1 fully saturated rings. The van der Waals surface area contributed by atoms with Crippen molar-refractivity contribution in [2.45, 2.75) is 75.9 Å². The lowest BCUT2D eigenvalue weighted by Crippen LogP contribution is -2.62. The van der Waals surface area contributed by atoms with Crippen molar-refractivity contribution in [2.24, 2.45) is 0 Å². The van der Waals surface area contributed by atoms with Gasteiger partial charge in [0.15, 0.2) is 12.4 Å². The van der Waals surface area contributed by atoms with Crippen molar-refractivity contribution < 1.29 is 55.1 Å². The van der Waals surface area contributed by atoms with Crippen molar-refractivity contribution in [1.29, 1.82) is 0 Å². The molecule has 31 heavy (non-hydrogen) atoms. The molecule has 0 aliphatic carbocycles. The first-order valence-corrected chi connectivity index (χ1v) is 10.1. The van der Waals surface area contributed by atoms with Crippen LogP contribution in [-0.2, 0) is 14.3 Å². The third-order valence-electron chi connectivity index (χ3n) is 4.23. The minimum atomic E-state index is -2.04. The molecule has 13 nitrogen and oxygen atoms in total. The number of nitrogens with one attached hydrogen (secondary N) is 2. The number of aliphatic hydroxyl groups is 8. The molecule has 0 saturated carbocycles. The van der Waals surface area contributed by atoms with Crippen molar-refractivity contribution >= 4 is 5.91 Å². The van der Waals surface area contributed by atoms with Crippen molar-refractivity contribution in [3.63, 3.8) is 0 Å². The first-order chi connectivity index (χ1) is 14.6. The molecule has 1 heterocycles. The summed E-state index contributed by atoms with van der Waals surface area (Å²) in [6, 6.07) is 0. The Morgan fingerprint density at radius 1 is 1.03 bits per heavy atom. The number of hydrogen-bond donors (Lipinski definition) is 10. The summed E-state index contributed by atoms with van der Waals surface area (Å²) in [7, 11) is 3.12. The Bertz CT molecular complexity index is 456. The van der Waals surface area contributed by atoms with Crippen LogP contribution in [0.25, 0.3) is 0 Å². The highest BCUT2D eigenvalue weighted by molar-refractivity contribution is 5.80. The van der Waals surface area contributed by atoms with Gasteiger partial charge < -0.3 is 61.0 Å². The highest BCUT2D eigenvalue weighted by Crippen LogP contribution is 2.24. The Kier molecular flexibility index (Phi) is 18.3. The molecule has 0 aromatic heterocycles. The zero-order valence-electron chi connectivity index (χ0n) is 18.6. The molecule has 13 heteroatoms. The van der Waals surface area contributed by atoms with E-state index in [0.717, 1.165) is 6.54 Å². The second-order valence-electron chi connectivity index (χ2n) is 6.30. The molecule has 1 aliphatic heterocycles. The number of hydrogen-bond acceptors (Lipinski definition) is 12. The maximum Gasteiger partial charge on any atom is 0.251 e. The molecule has 0 aromatic carbocycles. The average Bonchev–Trinajstić information content (AvgIpc) is 2.81. The van der Waals surface area contributed by atoms with Gasteiger partial charge in [-0.1, -0.05) is 20.8 Å². The number of aliphatic hydroxyl groups excluding tert-OH is 8. The van der Waals surface area contributed by atoms with Crippen LogP contribution in [0.3, 0.4) is 0 Å². The Morgan fingerprint density at radius 2 is 1.55 bits per heavy atom. The van der Waals surface area contributed by atoms with E-state index in [4.69, 9.17) is 19.7 Å². The summed E-state index contributed by atoms with van der Waals surface area (Å²) in [6.07, 6.45) is -16.0. The summed E-state index contributed by atoms with van der Waals surface area (Å²) in [4.78, 5) is 11.4. The topological polar surface area (TPSA) is 221 Å². The van der Waals surface area contributed by atoms with Crippen LogP contribution in [0.15, 0.2) is 0 Å². The van der Waals surface area contributed by atoms with Crippen molar-refractivity contribution in [3.8, 4) is 0 Å². The molecular formula is C18H40N2O11. The average molecular weight is 461 g/mol. The number of carbonyl (C=O) groups is 1. The fourth-order valence-corrected chi connectivity index (χ4v) is 2.32. The van der Waals surface area contributed by atoms with Gasteiger partial charge in [0.2, 0.25) is 0 Å². The summed E-state index contributed by atoms with van der Waals surface area (Å²) in [5.41, 5.74) is 0. The molecule has 0 bridgehead atoms. The molecule has 1 aliphatic rings. The first kappa shape index (κ1) is 32.2. The van der Waals surface area contributed by atoms with Crippen LogP contribution in [0.5, 0.6) is 0 Å². The van der Waals surface area contributed by atoms with E-state index < -0.39 is 74.2 Å². The molecule has 10 N–H and O–H groups in total. The van der Waals surface area contributed by atoms with E-state index in [9.17, 15) is 35.4 Å². The second kappa shape index (κ2) is 17.6. The van der Waals surface area contributed by atoms with Crippen molar-refractivity contribution in [1.82, 2.24) is 10.6 Å². The van der Waals surface area contributed by atoms with Gasteiger partial charge in [0.05, 0.1) is 13.2 Å². The number of carbonyl (C=O) groups excluding carboxylic acids is 1. The zero-order valence-corrected chi connectivity index (χ0v) is 18.6. The van der Waals surface area contributed by atoms with E-state index in [1.807, 2.05) is 20.9 Å². The standard InChI is InChI=1S/C13H25NO11.C3H9N.C2H6/c1-14-12(23)9(21)8(20)11(4(17)2-15)25-13-10(22)7(19)6(18)5(3-16)24-13;1-3-4-2;1-2/h4-11,13,15-22H,2-3H2,1H3,(H,14,23);4H,3H2,1-2H3;1-2H3. The summed E-state index contributed by atoms with van der Waals surface area (Å²) < 4.78 is 10.2. The minimum absolute atomic E-state index is 0.735. The normalized spacial score (nSPS) is 29.3. The van der Waals surface area contributed by atoms with Gasteiger partial charge in [-0.3, -0.25) is 4.79 Å². The zero-order chi connectivity index (χ0) is 24.7. The van der Waals surface area contributed by atoms with Crippen LogP contribution in [-0.4, -0.2) is 136 Å². The summed E-state index contributed by atoms with van der Waals surface area (Å²) >= 11 is 0. The number of rotatable bonds is 9. The highest BCUT2D eigenvalue weighted by atomic mass is 16.7. The minimum Gasteiger partial charge on any atom is -0.394 e. The molecular weight excluding hydrogens is 420 g/mol. The molecule has 1 rings (SSSR count). The van der Waals surface area contributed by atoms with Crippen LogP contribution in [0.4, 0.5) is 0 Å². The van der Waals surface area contributed by atoms with E-state index in [1.165, 1.54) is 7.05 Å². The summed E-state index contributed by atoms with van der Waals surface area (Å²) in [5, 5.41) is 82.0. The highest BCUT2D eigenvalue weighted by Gasteiger charge is 2.47. The predicted octanol–water partition coefficient (Wildman–Crippen LogP) is -4.76. The van der Waals surface area contributed by atoms with Gasteiger partial charge in [0.25, 0.3) is 5.91 Å². The van der Waals surface area contributed by atoms with Crippen LogP contribution in [0.1, 0.15) is 20.8 Å². The van der Waals surface area contributed by atoms with E-state index >= 15 is 0 Å². The van der Waals surface area contributed by atoms with Gasteiger partial charge >= 0.3 is 0 Å². The largest absolute Gasteiger partial charge is 0.394 e. The number of ether oxygens (including phenoxy) is 2. The van der Waals surface area contributed by atoms with E-state index in [2.05, 4.69) is 17.6 Å². The Hall–Kier alpha value is -0.970. The van der Waals surface area contributed by atoms with Gasteiger partial charge in [-0.15, -0.1) is 0 Å². The molecule has 0 spiro atoms. The molecule has 0 aromatic rings.